The van der Waals surface area contributed by atoms with Crippen LogP contribution in [0, 0.1) is 5.92 Å². The van der Waals surface area contributed by atoms with Gasteiger partial charge >= 0.3 is 6.18 Å². The van der Waals surface area contributed by atoms with Gasteiger partial charge in [-0.3, -0.25) is 4.79 Å². The Morgan fingerprint density at radius 3 is 2.57 bits per heavy atom. The molecular formula is C22H21F3N2O3. The normalized spacial score (nSPS) is 15.3. The van der Waals surface area contributed by atoms with Gasteiger partial charge in [-0.2, -0.15) is 13.2 Å². The number of carbonyl (C=O) groups excluding carboxylic acids is 1. The van der Waals surface area contributed by atoms with Crippen LogP contribution in [0.15, 0.2) is 48.7 Å². The van der Waals surface area contributed by atoms with E-state index in [4.69, 9.17) is 9.47 Å². The maximum absolute atomic E-state index is 12.7. The van der Waals surface area contributed by atoms with Crippen LogP contribution in [0.2, 0.25) is 0 Å². The Morgan fingerprint density at radius 1 is 1.13 bits per heavy atom. The highest BCUT2D eigenvalue weighted by Crippen LogP contribution is 2.30. The van der Waals surface area contributed by atoms with Crippen LogP contribution < -0.4 is 10.1 Å². The zero-order chi connectivity index (χ0) is 21.1. The van der Waals surface area contributed by atoms with Gasteiger partial charge in [0.05, 0.1) is 11.3 Å². The highest BCUT2D eigenvalue weighted by Gasteiger charge is 2.30. The van der Waals surface area contributed by atoms with Gasteiger partial charge in [-0.1, -0.05) is 12.1 Å². The van der Waals surface area contributed by atoms with Gasteiger partial charge in [0.2, 0.25) is 5.91 Å². The lowest BCUT2D eigenvalue weighted by Crippen LogP contribution is -2.28. The summed E-state index contributed by atoms with van der Waals surface area (Å²) in [4.78, 5) is 15.6. The van der Waals surface area contributed by atoms with Crippen molar-refractivity contribution in [2.45, 2.75) is 25.6 Å². The summed E-state index contributed by atoms with van der Waals surface area (Å²) in [7, 11) is 0. The second-order valence-corrected chi connectivity index (χ2v) is 7.27. The lowest BCUT2D eigenvalue weighted by molar-refractivity contribution is -0.137. The van der Waals surface area contributed by atoms with E-state index in [9.17, 15) is 18.0 Å². The molecule has 0 spiro atoms. The Hall–Kier alpha value is -3.00. The number of amides is 1. The van der Waals surface area contributed by atoms with Crippen molar-refractivity contribution in [2.75, 3.05) is 18.5 Å². The smallest absolute Gasteiger partial charge is 0.416 e. The topological polar surface area (TPSA) is 63.4 Å². The van der Waals surface area contributed by atoms with Crippen LogP contribution in [0.3, 0.4) is 0 Å². The van der Waals surface area contributed by atoms with E-state index in [0.29, 0.717) is 43.1 Å². The number of hydrogen-bond acceptors (Lipinski definition) is 3. The quantitative estimate of drug-likeness (QED) is 0.604. The van der Waals surface area contributed by atoms with Crippen molar-refractivity contribution in [1.82, 2.24) is 4.98 Å². The number of fused-ring (bicyclic) bond motifs is 1. The maximum Gasteiger partial charge on any atom is 0.416 e. The van der Waals surface area contributed by atoms with Crippen molar-refractivity contribution < 1.29 is 27.4 Å². The van der Waals surface area contributed by atoms with E-state index in [0.717, 1.165) is 23.0 Å². The lowest BCUT2D eigenvalue weighted by atomic mass is 9.99. The molecule has 8 heteroatoms. The van der Waals surface area contributed by atoms with Crippen LogP contribution in [-0.4, -0.2) is 24.1 Å². The Morgan fingerprint density at radius 2 is 1.87 bits per heavy atom. The largest absolute Gasteiger partial charge is 0.489 e. The first kappa shape index (κ1) is 20.3. The van der Waals surface area contributed by atoms with Gasteiger partial charge in [0.25, 0.3) is 0 Å². The summed E-state index contributed by atoms with van der Waals surface area (Å²) in [5.74, 6) is 0.460. The molecular weight excluding hydrogens is 397 g/mol. The molecule has 0 saturated carbocycles. The summed E-state index contributed by atoms with van der Waals surface area (Å²) in [6, 6.07) is 10.3. The number of anilines is 1. The standard InChI is InChI=1S/C22H21F3N2O3/c23-22(24,25)16-3-1-14(2-4-16)13-30-17-5-6-19-18(11-17)20(12-26-19)27-21(28)15-7-9-29-10-8-15/h1-6,11-12,15,26H,7-10,13H2,(H,27,28). The summed E-state index contributed by atoms with van der Waals surface area (Å²) < 4.78 is 49.0. The third-order valence-electron chi connectivity index (χ3n) is 5.19. The summed E-state index contributed by atoms with van der Waals surface area (Å²) in [6.07, 6.45) is -1.21. The second-order valence-electron chi connectivity index (χ2n) is 7.27. The van der Waals surface area contributed by atoms with Crippen molar-refractivity contribution >= 4 is 22.5 Å². The maximum atomic E-state index is 12.7. The summed E-state index contributed by atoms with van der Waals surface area (Å²) >= 11 is 0. The van der Waals surface area contributed by atoms with Gasteiger partial charge < -0.3 is 19.8 Å². The van der Waals surface area contributed by atoms with Crippen LogP contribution in [0.5, 0.6) is 5.75 Å². The molecule has 5 nitrogen and oxygen atoms in total. The molecule has 0 aliphatic carbocycles. The molecule has 2 heterocycles. The fourth-order valence-electron chi connectivity index (χ4n) is 3.44. The molecule has 158 valence electrons. The number of aromatic amines is 1. The first-order valence-corrected chi connectivity index (χ1v) is 9.69. The van der Waals surface area contributed by atoms with Gasteiger partial charge in [-0.25, -0.2) is 0 Å². The van der Waals surface area contributed by atoms with Crippen LogP contribution >= 0.6 is 0 Å². The molecule has 1 aliphatic heterocycles. The fourth-order valence-corrected chi connectivity index (χ4v) is 3.44. The Balaban J connectivity index is 1.44. The van der Waals surface area contributed by atoms with Crippen molar-refractivity contribution in [1.29, 1.82) is 0 Å². The average molecular weight is 418 g/mol. The number of rotatable bonds is 5. The zero-order valence-electron chi connectivity index (χ0n) is 16.1. The molecule has 1 saturated heterocycles. The molecule has 0 unspecified atom stereocenters. The van der Waals surface area contributed by atoms with E-state index in [1.807, 2.05) is 6.07 Å². The number of ether oxygens (including phenoxy) is 2. The van der Waals surface area contributed by atoms with E-state index < -0.39 is 11.7 Å². The summed E-state index contributed by atoms with van der Waals surface area (Å²) in [5, 5.41) is 3.77. The molecule has 2 N–H and O–H groups in total. The van der Waals surface area contributed by atoms with E-state index in [2.05, 4.69) is 10.3 Å². The minimum atomic E-state index is -4.36. The van der Waals surface area contributed by atoms with E-state index in [-0.39, 0.29) is 18.4 Å². The second kappa shape index (κ2) is 8.39. The van der Waals surface area contributed by atoms with Gasteiger partial charge in [0.1, 0.15) is 12.4 Å². The highest BCUT2D eigenvalue weighted by atomic mass is 19.4. The molecule has 0 atom stereocenters. The average Bonchev–Trinajstić information content (AvgIpc) is 3.14. The summed E-state index contributed by atoms with van der Waals surface area (Å²) in [6.45, 7) is 1.32. The number of aromatic nitrogens is 1. The number of halogens is 3. The van der Waals surface area contributed by atoms with Crippen LogP contribution in [-0.2, 0) is 22.3 Å². The molecule has 1 fully saturated rings. The molecule has 0 radical (unpaired) electrons. The Bertz CT molecular complexity index is 1020. The van der Waals surface area contributed by atoms with Gasteiger partial charge in [0, 0.05) is 36.2 Å². The molecule has 1 aromatic heterocycles. The third kappa shape index (κ3) is 4.59. The van der Waals surface area contributed by atoms with Gasteiger partial charge in [-0.05, 0) is 48.7 Å². The molecule has 1 amide bonds. The van der Waals surface area contributed by atoms with Crippen LogP contribution in [0.4, 0.5) is 18.9 Å². The molecule has 0 bridgehead atoms. The minimum absolute atomic E-state index is 0.0322. The van der Waals surface area contributed by atoms with E-state index in [1.54, 1.807) is 18.3 Å². The third-order valence-corrected chi connectivity index (χ3v) is 5.19. The number of benzene rings is 2. The molecule has 3 aromatic rings. The van der Waals surface area contributed by atoms with Crippen molar-refractivity contribution in [3.05, 3.63) is 59.8 Å². The molecule has 2 aromatic carbocycles. The van der Waals surface area contributed by atoms with Crippen molar-refractivity contribution in [3.63, 3.8) is 0 Å². The van der Waals surface area contributed by atoms with E-state index in [1.165, 1.54) is 12.1 Å². The van der Waals surface area contributed by atoms with Gasteiger partial charge in [-0.15, -0.1) is 0 Å². The minimum Gasteiger partial charge on any atom is -0.489 e. The van der Waals surface area contributed by atoms with Crippen molar-refractivity contribution in [2.24, 2.45) is 5.92 Å². The fraction of sp³-hybridized carbons (Fsp3) is 0.318. The monoisotopic (exact) mass is 418 g/mol. The summed E-state index contributed by atoms with van der Waals surface area (Å²) in [5.41, 5.74) is 1.45. The molecule has 4 rings (SSSR count). The molecule has 1 aliphatic rings. The Kier molecular flexibility index (Phi) is 5.67. The van der Waals surface area contributed by atoms with Gasteiger partial charge in [0.15, 0.2) is 0 Å². The number of nitrogens with one attached hydrogen (secondary N) is 2. The lowest BCUT2D eigenvalue weighted by Gasteiger charge is -2.21. The first-order chi connectivity index (χ1) is 14.4. The zero-order valence-corrected chi connectivity index (χ0v) is 16.1. The van der Waals surface area contributed by atoms with Crippen molar-refractivity contribution in [3.8, 4) is 5.75 Å². The molecule has 30 heavy (non-hydrogen) atoms. The number of hydrogen-bond donors (Lipinski definition) is 2. The highest BCUT2D eigenvalue weighted by molar-refractivity contribution is 6.02. The van der Waals surface area contributed by atoms with E-state index >= 15 is 0 Å². The Labute approximate surface area is 171 Å². The first-order valence-electron chi connectivity index (χ1n) is 9.69. The number of H-pyrrole nitrogens is 1. The predicted octanol–water partition coefficient (Wildman–Crippen LogP) is 5.13. The van der Waals surface area contributed by atoms with Crippen LogP contribution in [0.25, 0.3) is 10.9 Å². The predicted molar refractivity (Wildman–Crippen MR) is 106 cm³/mol. The number of carbonyl (C=O) groups is 1. The van der Waals surface area contributed by atoms with Crippen LogP contribution in [0.1, 0.15) is 24.0 Å². The SMILES string of the molecule is O=C(Nc1c[nH]c2ccc(OCc3ccc(C(F)(F)F)cc3)cc12)C1CCOCC1. The number of alkyl halides is 3.